The molecule has 0 saturated heterocycles. The number of rotatable bonds is 3. The predicted molar refractivity (Wildman–Crippen MR) is 57.2 cm³/mol. The molecule has 18 heavy (non-hydrogen) atoms. The number of alkyl halides is 2. The van der Waals surface area contributed by atoms with Crippen LogP contribution in [0.2, 0.25) is 0 Å². The Labute approximate surface area is 101 Å². The topological polar surface area (TPSA) is 61.6 Å². The quantitative estimate of drug-likeness (QED) is 0.618. The van der Waals surface area contributed by atoms with E-state index in [0.29, 0.717) is 18.1 Å². The second-order valence-corrected chi connectivity index (χ2v) is 4.09. The van der Waals surface area contributed by atoms with Crippen LogP contribution in [0.3, 0.4) is 0 Å². The molecule has 1 unspecified atom stereocenters. The molecule has 0 aliphatic carbocycles. The van der Waals surface area contributed by atoms with Gasteiger partial charge in [0.2, 0.25) is 0 Å². The van der Waals surface area contributed by atoms with Crippen molar-refractivity contribution in [1.82, 2.24) is 0 Å². The van der Waals surface area contributed by atoms with Crippen molar-refractivity contribution in [1.29, 1.82) is 0 Å². The lowest BCUT2D eigenvalue weighted by molar-refractivity contribution is -0.385. The van der Waals surface area contributed by atoms with E-state index in [0.717, 1.165) is 6.07 Å². The maximum absolute atomic E-state index is 13.3. The molecule has 0 amide bonds. The Morgan fingerprint density at radius 3 is 2.72 bits per heavy atom. The number of hydrogen-bond donors (Lipinski definition) is 0. The molecular formula is C11H11F2NO4. The highest BCUT2D eigenvalue weighted by Gasteiger charge is 2.35. The van der Waals surface area contributed by atoms with Gasteiger partial charge in [0.05, 0.1) is 17.1 Å². The van der Waals surface area contributed by atoms with Crippen LogP contribution in [0, 0.1) is 10.1 Å². The summed E-state index contributed by atoms with van der Waals surface area (Å²) in [5.41, 5.74) is -0.188. The molecule has 1 aromatic carbocycles. The Balaban J connectivity index is 2.63. The third kappa shape index (κ3) is 2.06. The highest BCUT2D eigenvalue weighted by Crippen LogP contribution is 2.41. The van der Waals surface area contributed by atoms with Crippen LogP contribution in [-0.2, 0) is 22.0 Å². The lowest BCUT2D eigenvalue weighted by atomic mass is 10.00. The van der Waals surface area contributed by atoms with Crippen molar-refractivity contribution in [2.24, 2.45) is 0 Å². The maximum atomic E-state index is 13.3. The van der Waals surface area contributed by atoms with Gasteiger partial charge in [-0.1, -0.05) is 0 Å². The molecule has 0 spiro atoms. The summed E-state index contributed by atoms with van der Waals surface area (Å²) in [5, 5.41) is 10.9. The van der Waals surface area contributed by atoms with Crippen LogP contribution in [0.25, 0.3) is 0 Å². The lowest BCUT2D eigenvalue weighted by Gasteiger charge is -2.14. The number of nitro benzene ring substituents is 1. The summed E-state index contributed by atoms with van der Waals surface area (Å²) in [4.78, 5) is 10.2. The minimum Gasteiger partial charge on any atom is -0.352 e. The monoisotopic (exact) mass is 259 g/mol. The normalized spacial score (nSPS) is 18.8. The zero-order valence-corrected chi connectivity index (χ0v) is 9.78. The SMILES string of the molecule is COC1OCc2c1cc(C(C)(F)F)cc2[N+](=O)[O-]. The van der Waals surface area contributed by atoms with Crippen LogP contribution in [0.4, 0.5) is 14.5 Å². The average molecular weight is 259 g/mol. The van der Waals surface area contributed by atoms with E-state index in [4.69, 9.17) is 9.47 Å². The Kier molecular flexibility index (Phi) is 3.04. The predicted octanol–water partition coefficient (Wildman–Crippen LogP) is 2.88. The standard InChI is InChI=1S/C11H11F2NO4/c1-11(12,13)6-3-7-8(5-18-10(7)17-2)9(4-6)14(15)16/h3-4,10H,5H2,1-2H3. The van der Waals surface area contributed by atoms with Crippen LogP contribution in [0.15, 0.2) is 12.1 Å². The van der Waals surface area contributed by atoms with E-state index in [2.05, 4.69) is 0 Å². The van der Waals surface area contributed by atoms with Gasteiger partial charge < -0.3 is 9.47 Å². The molecule has 0 saturated carbocycles. The number of benzene rings is 1. The molecule has 1 aliphatic rings. The fourth-order valence-electron chi connectivity index (χ4n) is 1.91. The fourth-order valence-corrected chi connectivity index (χ4v) is 1.91. The van der Waals surface area contributed by atoms with Gasteiger partial charge in [0.25, 0.3) is 11.6 Å². The Morgan fingerprint density at radius 2 is 2.22 bits per heavy atom. The second kappa shape index (κ2) is 4.25. The summed E-state index contributed by atoms with van der Waals surface area (Å²) in [6.45, 7) is 0.676. The molecule has 7 heteroatoms. The van der Waals surface area contributed by atoms with Gasteiger partial charge in [-0.3, -0.25) is 10.1 Å². The molecule has 0 fully saturated rings. The van der Waals surface area contributed by atoms with Crippen molar-refractivity contribution in [2.75, 3.05) is 7.11 Å². The summed E-state index contributed by atoms with van der Waals surface area (Å²) in [6, 6.07) is 2.09. The number of halogens is 2. The van der Waals surface area contributed by atoms with Crippen molar-refractivity contribution < 1.29 is 23.2 Å². The molecule has 0 N–H and O–H groups in total. The molecule has 5 nitrogen and oxygen atoms in total. The van der Waals surface area contributed by atoms with Crippen molar-refractivity contribution >= 4 is 5.69 Å². The van der Waals surface area contributed by atoms with Gasteiger partial charge in [0.15, 0.2) is 6.29 Å². The molecule has 0 bridgehead atoms. The molecule has 1 aliphatic heterocycles. The minimum absolute atomic E-state index is 0.0142. The highest BCUT2D eigenvalue weighted by molar-refractivity contribution is 5.51. The van der Waals surface area contributed by atoms with E-state index in [1.54, 1.807) is 0 Å². The average Bonchev–Trinajstić information content (AvgIpc) is 2.68. The second-order valence-electron chi connectivity index (χ2n) is 4.09. The van der Waals surface area contributed by atoms with Crippen LogP contribution >= 0.6 is 0 Å². The van der Waals surface area contributed by atoms with Gasteiger partial charge in [-0.2, -0.15) is 0 Å². The number of nitrogens with zero attached hydrogens (tertiary/aromatic N) is 1. The van der Waals surface area contributed by atoms with E-state index in [9.17, 15) is 18.9 Å². The molecule has 1 aromatic rings. The van der Waals surface area contributed by atoms with Gasteiger partial charge >= 0.3 is 0 Å². The largest absolute Gasteiger partial charge is 0.352 e. The molecule has 1 heterocycles. The summed E-state index contributed by atoms with van der Waals surface area (Å²) in [7, 11) is 1.35. The van der Waals surface area contributed by atoms with Gasteiger partial charge in [-0.25, -0.2) is 8.78 Å². The van der Waals surface area contributed by atoms with Gasteiger partial charge in [-0.05, 0) is 6.07 Å². The van der Waals surface area contributed by atoms with E-state index >= 15 is 0 Å². The molecule has 98 valence electrons. The Bertz CT molecular complexity index is 499. The van der Waals surface area contributed by atoms with Gasteiger partial charge in [0.1, 0.15) is 0 Å². The van der Waals surface area contributed by atoms with E-state index in [1.807, 2.05) is 0 Å². The lowest BCUT2D eigenvalue weighted by Crippen LogP contribution is -2.10. The van der Waals surface area contributed by atoms with Crippen LogP contribution in [0.5, 0.6) is 0 Å². The van der Waals surface area contributed by atoms with Crippen LogP contribution in [-0.4, -0.2) is 12.0 Å². The van der Waals surface area contributed by atoms with Crippen molar-refractivity contribution in [3.8, 4) is 0 Å². The maximum Gasteiger partial charge on any atom is 0.275 e. The van der Waals surface area contributed by atoms with Gasteiger partial charge in [-0.15, -0.1) is 0 Å². The first kappa shape index (κ1) is 12.8. The zero-order valence-electron chi connectivity index (χ0n) is 9.78. The smallest absolute Gasteiger partial charge is 0.275 e. The van der Waals surface area contributed by atoms with Crippen molar-refractivity contribution in [3.05, 3.63) is 38.9 Å². The third-order valence-corrected chi connectivity index (χ3v) is 2.81. The van der Waals surface area contributed by atoms with E-state index < -0.39 is 22.7 Å². The first-order valence-electron chi connectivity index (χ1n) is 5.18. The van der Waals surface area contributed by atoms with Crippen molar-refractivity contribution in [2.45, 2.75) is 25.7 Å². The first-order chi connectivity index (χ1) is 8.34. The number of nitro groups is 1. The van der Waals surface area contributed by atoms with Crippen LogP contribution < -0.4 is 0 Å². The number of fused-ring (bicyclic) bond motifs is 1. The Morgan fingerprint density at radius 1 is 1.56 bits per heavy atom. The third-order valence-electron chi connectivity index (χ3n) is 2.81. The molecule has 2 rings (SSSR count). The Hall–Kier alpha value is -1.60. The van der Waals surface area contributed by atoms with E-state index in [1.165, 1.54) is 13.2 Å². The fraction of sp³-hybridized carbons (Fsp3) is 0.455. The van der Waals surface area contributed by atoms with E-state index in [-0.39, 0.29) is 12.3 Å². The van der Waals surface area contributed by atoms with Crippen LogP contribution in [0.1, 0.15) is 29.9 Å². The molecule has 1 atom stereocenters. The summed E-state index contributed by atoms with van der Waals surface area (Å²) < 4.78 is 36.7. The molecule has 0 aromatic heterocycles. The first-order valence-corrected chi connectivity index (χ1v) is 5.18. The number of methoxy groups -OCH3 is 1. The summed E-state index contributed by atoms with van der Waals surface area (Å²) in [5.74, 6) is -3.15. The highest BCUT2D eigenvalue weighted by atomic mass is 19.3. The number of hydrogen-bond acceptors (Lipinski definition) is 4. The molecular weight excluding hydrogens is 248 g/mol. The molecule has 0 radical (unpaired) electrons. The summed E-state index contributed by atoms with van der Waals surface area (Å²) in [6.07, 6.45) is -0.832. The number of ether oxygens (including phenoxy) is 2. The zero-order chi connectivity index (χ0) is 13.5. The van der Waals surface area contributed by atoms with Crippen molar-refractivity contribution in [3.63, 3.8) is 0 Å². The minimum atomic E-state index is -3.15. The van der Waals surface area contributed by atoms with Gasteiger partial charge in [0, 0.05) is 31.2 Å². The summed E-state index contributed by atoms with van der Waals surface area (Å²) >= 11 is 0.